The van der Waals surface area contributed by atoms with Crippen LogP contribution in [0.2, 0.25) is 0 Å². The molecule has 0 saturated carbocycles. The molecule has 0 aliphatic carbocycles. The number of hydrogen-bond acceptors (Lipinski definition) is 5. The van der Waals surface area contributed by atoms with Gasteiger partial charge in [-0.15, -0.1) is 11.8 Å². The summed E-state index contributed by atoms with van der Waals surface area (Å²) in [5.41, 5.74) is 1.81. The van der Waals surface area contributed by atoms with Crippen molar-refractivity contribution in [3.05, 3.63) is 72.7 Å². The van der Waals surface area contributed by atoms with Crippen LogP contribution < -0.4 is 10.1 Å². The van der Waals surface area contributed by atoms with Gasteiger partial charge in [0.25, 0.3) is 0 Å². The van der Waals surface area contributed by atoms with E-state index in [0.29, 0.717) is 17.3 Å². The summed E-state index contributed by atoms with van der Waals surface area (Å²) in [5, 5.41) is 2.82. The Hall–Kier alpha value is -2.86. The van der Waals surface area contributed by atoms with E-state index < -0.39 is 0 Å². The number of aromatic nitrogens is 2. The van der Waals surface area contributed by atoms with Crippen LogP contribution in [0.25, 0.3) is 0 Å². The van der Waals surface area contributed by atoms with Gasteiger partial charge in [0.05, 0.1) is 17.6 Å². The molecule has 0 unspecified atom stereocenters. The Kier molecular flexibility index (Phi) is 5.64. The van der Waals surface area contributed by atoms with Crippen molar-refractivity contribution >= 4 is 23.4 Å². The lowest BCUT2D eigenvalue weighted by Crippen LogP contribution is -2.14. The first-order valence-corrected chi connectivity index (χ1v) is 8.71. The minimum Gasteiger partial charge on any atom is -0.439 e. The number of nitrogens with one attached hydrogen (secondary N) is 1. The van der Waals surface area contributed by atoms with E-state index in [-0.39, 0.29) is 5.91 Å². The summed E-state index contributed by atoms with van der Waals surface area (Å²) in [6.45, 7) is 2.02. The van der Waals surface area contributed by atoms with E-state index in [1.165, 1.54) is 17.3 Å². The highest BCUT2D eigenvalue weighted by Gasteiger charge is 2.05. The smallest absolute Gasteiger partial charge is 0.234 e. The molecule has 0 atom stereocenters. The zero-order valence-electron chi connectivity index (χ0n) is 13.7. The first kappa shape index (κ1) is 17.0. The molecule has 0 fully saturated rings. The number of carbonyl (C=O) groups excluding carboxylic acids is 1. The van der Waals surface area contributed by atoms with E-state index >= 15 is 0 Å². The summed E-state index contributed by atoms with van der Waals surface area (Å²) in [6, 6.07) is 15.0. The lowest BCUT2D eigenvalue weighted by atomic mass is 10.2. The van der Waals surface area contributed by atoms with Crippen molar-refractivity contribution in [1.29, 1.82) is 0 Å². The van der Waals surface area contributed by atoms with Crippen molar-refractivity contribution in [2.75, 3.05) is 11.1 Å². The molecule has 0 saturated heterocycles. The van der Waals surface area contributed by atoms with Crippen molar-refractivity contribution in [1.82, 2.24) is 9.97 Å². The second-order valence-electron chi connectivity index (χ2n) is 5.32. The minimum absolute atomic E-state index is 0.0872. The highest BCUT2D eigenvalue weighted by molar-refractivity contribution is 8.00. The van der Waals surface area contributed by atoms with Gasteiger partial charge in [0.15, 0.2) is 0 Å². The van der Waals surface area contributed by atoms with Crippen molar-refractivity contribution in [2.45, 2.75) is 11.8 Å². The predicted octanol–water partition coefficient (Wildman–Crippen LogP) is 4.31. The van der Waals surface area contributed by atoms with Crippen LogP contribution in [-0.2, 0) is 4.79 Å². The molecule has 0 radical (unpaired) electrons. The zero-order chi connectivity index (χ0) is 17.5. The van der Waals surface area contributed by atoms with Gasteiger partial charge < -0.3 is 10.1 Å². The predicted molar refractivity (Wildman–Crippen MR) is 99.1 cm³/mol. The molecule has 0 bridgehead atoms. The van der Waals surface area contributed by atoms with E-state index in [9.17, 15) is 4.79 Å². The molecule has 2 aromatic heterocycles. The largest absolute Gasteiger partial charge is 0.439 e. The average molecular weight is 351 g/mol. The number of aryl methyl sites for hydroxylation is 1. The van der Waals surface area contributed by atoms with Crippen LogP contribution in [-0.4, -0.2) is 21.6 Å². The first-order valence-electron chi connectivity index (χ1n) is 7.72. The van der Waals surface area contributed by atoms with Crippen molar-refractivity contribution in [2.24, 2.45) is 0 Å². The Labute approximate surface area is 150 Å². The molecule has 6 heteroatoms. The average Bonchev–Trinajstić information content (AvgIpc) is 2.64. The Morgan fingerprint density at radius 2 is 1.84 bits per heavy atom. The van der Waals surface area contributed by atoms with Crippen LogP contribution in [0.3, 0.4) is 0 Å². The fraction of sp³-hybridized carbons (Fsp3) is 0.105. The molecule has 2 heterocycles. The minimum atomic E-state index is -0.0872. The number of carbonyl (C=O) groups is 1. The number of pyridine rings is 2. The monoisotopic (exact) mass is 351 g/mol. The fourth-order valence-corrected chi connectivity index (χ4v) is 2.71. The molecule has 3 rings (SSSR count). The number of ether oxygens (including phenoxy) is 1. The molecule has 1 N–H and O–H groups in total. The summed E-state index contributed by atoms with van der Waals surface area (Å²) in [4.78, 5) is 21.2. The molecule has 126 valence electrons. The molecule has 1 aromatic carbocycles. The molecule has 25 heavy (non-hydrogen) atoms. The molecule has 0 aliphatic heterocycles. The fourth-order valence-electron chi connectivity index (χ4n) is 2.02. The summed E-state index contributed by atoms with van der Waals surface area (Å²) in [6.07, 6.45) is 4.99. The second-order valence-corrected chi connectivity index (χ2v) is 6.37. The molecule has 1 amide bonds. The number of nitrogens with zero attached hydrogens (tertiary/aromatic N) is 2. The lowest BCUT2D eigenvalue weighted by Gasteiger charge is -2.07. The van der Waals surface area contributed by atoms with Crippen molar-refractivity contribution in [3.8, 4) is 11.6 Å². The lowest BCUT2D eigenvalue weighted by molar-refractivity contribution is -0.113. The van der Waals surface area contributed by atoms with Crippen LogP contribution >= 0.6 is 11.8 Å². The van der Waals surface area contributed by atoms with Crippen molar-refractivity contribution in [3.63, 3.8) is 0 Å². The third kappa shape index (κ3) is 5.32. The molecule has 0 spiro atoms. The number of thioether (sulfide) groups is 1. The van der Waals surface area contributed by atoms with Crippen LogP contribution in [0.4, 0.5) is 5.69 Å². The summed E-state index contributed by atoms with van der Waals surface area (Å²) >= 11 is 1.46. The van der Waals surface area contributed by atoms with Gasteiger partial charge in [-0.25, -0.2) is 4.98 Å². The molecule has 0 aliphatic rings. The molecular formula is C19H17N3O2S. The van der Waals surface area contributed by atoms with Gasteiger partial charge in [-0.05, 0) is 37.3 Å². The van der Waals surface area contributed by atoms with Gasteiger partial charge in [0, 0.05) is 23.4 Å². The van der Waals surface area contributed by atoms with Crippen molar-refractivity contribution < 1.29 is 9.53 Å². The maximum atomic E-state index is 12.0. The van der Waals surface area contributed by atoms with E-state index in [0.717, 1.165) is 10.6 Å². The third-order valence-corrected chi connectivity index (χ3v) is 4.30. The Bertz CT molecular complexity index is 822. The first-order chi connectivity index (χ1) is 12.2. The third-order valence-electron chi connectivity index (χ3n) is 3.28. The topological polar surface area (TPSA) is 64.1 Å². The van der Waals surface area contributed by atoms with Gasteiger partial charge in [0.2, 0.25) is 11.8 Å². The standard InChI is InChI=1S/C19H17N3O2S/c1-14-2-5-16(6-3-14)24-19-7-4-15(12-21-19)22-18(23)13-25-17-8-10-20-11-9-17/h2-12H,13H2,1H3,(H,22,23). The highest BCUT2D eigenvalue weighted by atomic mass is 32.2. The number of amides is 1. The van der Waals surface area contributed by atoms with E-state index in [2.05, 4.69) is 15.3 Å². The quantitative estimate of drug-likeness (QED) is 0.671. The highest BCUT2D eigenvalue weighted by Crippen LogP contribution is 2.21. The maximum Gasteiger partial charge on any atom is 0.234 e. The van der Waals surface area contributed by atoms with E-state index in [1.54, 1.807) is 30.7 Å². The molecular weight excluding hydrogens is 334 g/mol. The van der Waals surface area contributed by atoms with Gasteiger partial charge in [0.1, 0.15) is 5.75 Å². The Balaban J connectivity index is 1.51. The van der Waals surface area contributed by atoms with Gasteiger partial charge in [-0.3, -0.25) is 9.78 Å². The number of anilines is 1. The number of rotatable bonds is 6. The van der Waals surface area contributed by atoms with E-state index in [1.807, 2.05) is 43.3 Å². The van der Waals surface area contributed by atoms with Crippen LogP contribution in [0.5, 0.6) is 11.6 Å². The Morgan fingerprint density at radius 1 is 1.08 bits per heavy atom. The summed E-state index contributed by atoms with van der Waals surface area (Å²) < 4.78 is 5.66. The summed E-state index contributed by atoms with van der Waals surface area (Å²) in [5.74, 6) is 1.44. The number of benzene rings is 1. The molecule has 3 aromatic rings. The van der Waals surface area contributed by atoms with Crippen LogP contribution in [0, 0.1) is 6.92 Å². The van der Waals surface area contributed by atoms with Crippen LogP contribution in [0.15, 0.2) is 72.0 Å². The normalized spacial score (nSPS) is 10.3. The number of hydrogen-bond donors (Lipinski definition) is 1. The SMILES string of the molecule is Cc1ccc(Oc2ccc(NC(=O)CSc3ccncc3)cn2)cc1. The van der Waals surface area contributed by atoms with Crippen LogP contribution in [0.1, 0.15) is 5.56 Å². The Morgan fingerprint density at radius 3 is 2.52 bits per heavy atom. The van der Waals surface area contributed by atoms with Gasteiger partial charge in [-0.2, -0.15) is 0 Å². The van der Waals surface area contributed by atoms with Gasteiger partial charge >= 0.3 is 0 Å². The van der Waals surface area contributed by atoms with E-state index in [4.69, 9.17) is 4.74 Å². The summed E-state index contributed by atoms with van der Waals surface area (Å²) in [7, 11) is 0. The zero-order valence-corrected chi connectivity index (χ0v) is 14.5. The molecule has 5 nitrogen and oxygen atoms in total. The van der Waals surface area contributed by atoms with Gasteiger partial charge in [-0.1, -0.05) is 17.7 Å². The maximum absolute atomic E-state index is 12.0. The second kappa shape index (κ2) is 8.30.